The molecule has 0 aliphatic carbocycles. The Morgan fingerprint density at radius 1 is 1.30 bits per heavy atom. The van der Waals surface area contributed by atoms with Crippen LogP contribution in [-0.4, -0.2) is 11.7 Å². The highest BCUT2D eigenvalue weighted by molar-refractivity contribution is 8.00. The Bertz CT molecular complexity index is 631. The van der Waals surface area contributed by atoms with Crippen LogP contribution in [0.25, 0.3) is 0 Å². The fourth-order valence-electron chi connectivity index (χ4n) is 1.67. The standard InChI is InChI=1S/C15H15FN2OS/c1-10-5-6-12(17)8-14(10)18-15(19)9-20-13-4-2-3-11(16)7-13/h2-8H,9,17H2,1H3,(H,18,19). The van der Waals surface area contributed by atoms with Crippen LogP contribution in [0.3, 0.4) is 0 Å². The third kappa shape index (κ3) is 3.99. The summed E-state index contributed by atoms with van der Waals surface area (Å²) in [6, 6.07) is 11.5. The number of nitrogen functional groups attached to an aromatic ring is 1. The van der Waals surface area contributed by atoms with Crippen molar-refractivity contribution in [3.8, 4) is 0 Å². The van der Waals surface area contributed by atoms with Crippen molar-refractivity contribution in [2.45, 2.75) is 11.8 Å². The molecule has 2 aromatic carbocycles. The first-order valence-electron chi connectivity index (χ1n) is 6.09. The van der Waals surface area contributed by atoms with E-state index >= 15 is 0 Å². The van der Waals surface area contributed by atoms with Crippen LogP contribution >= 0.6 is 11.8 Å². The summed E-state index contributed by atoms with van der Waals surface area (Å²) >= 11 is 1.29. The van der Waals surface area contributed by atoms with Crippen LogP contribution in [0.4, 0.5) is 15.8 Å². The Kier molecular flexibility index (Phi) is 4.63. The number of thioether (sulfide) groups is 1. The lowest BCUT2D eigenvalue weighted by atomic mass is 10.2. The van der Waals surface area contributed by atoms with E-state index in [1.54, 1.807) is 24.3 Å². The summed E-state index contributed by atoms with van der Waals surface area (Å²) in [7, 11) is 0. The number of nitrogens with two attached hydrogens (primary N) is 1. The average molecular weight is 290 g/mol. The smallest absolute Gasteiger partial charge is 0.234 e. The number of rotatable bonds is 4. The SMILES string of the molecule is Cc1ccc(N)cc1NC(=O)CSc1cccc(F)c1. The summed E-state index contributed by atoms with van der Waals surface area (Å²) in [6.07, 6.45) is 0. The fraction of sp³-hybridized carbons (Fsp3) is 0.133. The molecule has 1 amide bonds. The summed E-state index contributed by atoms with van der Waals surface area (Å²) in [5.74, 6) is -0.229. The monoisotopic (exact) mass is 290 g/mol. The molecule has 0 radical (unpaired) electrons. The molecule has 0 saturated heterocycles. The zero-order valence-corrected chi connectivity index (χ0v) is 11.8. The molecule has 0 bridgehead atoms. The number of aryl methyl sites for hydroxylation is 1. The van der Waals surface area contributed by atoms with Gasteiger partial charge in [-0.2, -0.15) is 0 Å². The molecule has 3 nitrogen and oxygen atoms in total. The van der Waals surface area contributed by atoms with E-state index in [1.807, 2.05) is 13.0 Å². The normalized spacial score (nSPS) is 10.3. The van der Waals surface area contributed by atoms with Gasteiger partial charge in [-0.3, -0.25) is 4.79 Å². The van der Waals surface area contributed by atoms with Gasteiger partial charge in [-0.05, 0) is 42.8 Å². The molecule has 2 aromatic rings. The molecule has 0 aliphatic rings. The summed E-state index contributed by atoms with van der Waals surface area (Å²) in [6.45, 7) is 1.90. The molecule has 104 valence electrons. The molecule has 0 atom stereocenters. The average Bonchev–Trinajstić information content (AvgIpc) is 2.41. The minimum Gasteiger partial charge on any atom is -0.399 e. The second-order valence-corrected chi connectivity index (χ2v) is 5.42. The molecule has 0 aliphatic heterocycles. The molecule has 0 unspecified atom stereocenters. The van der Waals surface area contributed by atoms with Crippen LogP contribution in [-0.2, 0) is 4.79 Å². The third-order valence-electron chi connectivity index (χ3n) is 2.70. The Balaban J connectivity index is 1.94. The van der Waals surface area contributed by atoms with E-state index < -0.39 is 0 Å². The zero-order chi connectivity index (χ0) is 14.5. The van der Waals surface area contributed by atoms with E-state index in [0.717, 1.165) is 10.5 Å². The van der Waals surface area contributed by atoms with Crippen LogP contribution in [0.1, 0.15) is 5.56 Å². The predicted molar refractivity (Wildman–Crippen MR) is 81.3 cm³/mol. The molecule has 20 heavy (non-hydrogen) atoms. The highest BCUT2D eigenvalue weighted by Crippen LogP contribution is 2.21. The number of halogens is 1. The third-order valence-corrected chi connectivity index (χ3v) is 3.70. The number of amides is 1. The number of benzene rings is 2. The maximum absolute atomic E-state index is 13.0. The van der Waals surface area contributed by atoms with Crippen LogP contribution < -0.4 is 11.1 Å². The minimum atomic E-state index is -0.304. The molecule has 5 heteroatoms. The first-order chi connectivity index (χ1) is 9.54. The van der Waals surface area contributed by atoms with Crippen LogP contribution in [0.15, 0.2) is 47.4 Å². The number of carbonyl (C=O) groups excluding carboxylic acids is 1. The van der Waals surface area contributed by atoms with Crippen molar-refractivity contribution in [1.29, 1.82) is 0 Å². The maximum atomic E-state index is 13.0. The lowest BCUT2D eigenvalue weighted by Crippen LogP contribution is -2.15. The second kappa shape index (κ2) is 6.43. The summed E-state index contributed by atoms with van der Waals surface area (Å²) in [4.78, 5) is 12.6. The van der Waals surface area contributed by atoms with E-state index in [-0.39, 0.29) is 17.5 Å². The quantitative estimate of drug-likeness (QED) is 0.670. The van der Waals surface area contributed by atoms with Gasteiger partial charge in [0.1, 0.15) is 5.82 Å². The van der Waals surface area contributed by atoms with Crippen molar-refractivity contribution in [2.75, 3.05) is 16.8 Å². The lowest BCUT2D eigenvalue weighted by Gasteiger charge is -2.09. The Hall–Kier alpha value is -2.01. The molecular formula is C15H15FN2OS. The van der Waals surface area contributed by atoms with Crippen LogP contribution in [0, 0.1) is 12.7 Å². The molecule has 0 fully saturated rings. The molecule has 0 aromatic heterocycles. The van der Waals surface area contributed by atoms with Gasteiger partial charge < -0.3 is 11.1 Å². The number of carbonyl (C=O) groups is 1. The topological polar surface area (TPSA) is 55.1 Å². The van der Waals surface area contributed by atoms with Crippen LogP contribution in [0.2, 0.25) is 0 Å². The summed E-state index contributed by atoms with van der Waals surface area (Å²) < 4.78 is 13.0. The van der Waals surface area contributed by atoms with Gasteiger partial charge >= 0.3 is 0 Å². The van der Waals surface area contributed by atoms with Gasteiger partial charge in [0.2, 0.25) is 5.91 Å². The van der Waals surface area contributed by atoms with E-state index in [9.17, 15) is 9.18 Å². The van der Waals surface area contributed by atoms with Crippen molar-refractivity contribution in [3.63, 3.8) is 0 Å². The second-order valence-electron chi connectivity index (χ2n) is 4.37. The van der Waals surface area contributed by atoms with Gasteiger partial charge in [0.15, 0.2) is 0 Å². The predicted octanol–water partition coefficient (Wildman–Crippen LogP) is 3.45. The van der Waals surface area contributed by atoms with Gasteiger partial charge in [-0.1, -0.05) is 12.1 Å². The van der Waals surface area contributed by atoms with Gasteiger partial charge in [0, 0.05) is 16.3 Å². The number of anilines is 2. The van der Waals surface area contributed by atoms with E-state index in [4.69, 9.17) is 5.73 Å². The van der Waals surface area contributed by atoms with Gasteiger partial charge in [-0.25, -0.2) is 4.39 Å². The van der Waals surface area contributed by atoms with Crippen molar-refractivity contribution >= 4 is 29.0 Å². The summed E-state index contributed by atoms with van der Waals surface area (Å²) in [5, 5.41) is 2.80. The number of hydrogen-bond acceptors (Lipinski definition) is 3. The largest absolute Gasteiger partial charge is 0.399 e. The molecule has 0 saturated carbocycles. The highest BCUT2D eigenvalue weighted by Gasteiger charge is 2.06. The van der Waals surface area contributed by atoms with Crippen molar-refractivity contribution in [2.24, 2.45) is 0 Å². The molecule has 0 spiro atoms. The Morgan fingerprint density at radius 3 is 2.85 bits per heavy atom. The van der Waals surface area contributed by atoms with Gasteiger partial charge in [0.05, 0.1) is 5.75 Å². The number of nitrogens with one attached hydrogen (secondary N) is 1. The maximum Gasteiger partial charge on any atom is 0.234 e. The van der Waals surface area contributed by atoms with Gasteiger partial charge in [0.25, 0.3) is 0 Å². The Labute approximate surface area is 121 Å². The molecule has 0 heterocycles. The van der Waals surface area contributed by atoms with E-state index in [1.165, 1.54) is 23.9 Å². The number of hydrogen-bond donors (Lipinski definition) is 2. The van der Waals surface area contributed by atoms with E-state index in [2.05, 4.69) is 5.32 Å². The molecule has 2 rings (SSSR count). The van der Waals surface area contributed by atoms with Crippen LogP contribution in [0.5, 0.6) is 0 Å². The highest BCUT2D eigenvalue weighted by atomic mass is 32.2. The first kappa shape index (κ1) is 14.4. The molecular weight excluding hydrogens is 275 g/mol. The van der Waals surface area contributed by atoms with Crippen molar-refractivity contribution in [3.05, 3.63) is 53.8 Å². The summed E-state index contributed by atoms with van der Waals surface area (Å²) in [5.41, 5.74) is 7.94. The van der Waals surface area contributed by atoms with Crippen molar-refractivity contribution < 1.29 is 9.18 Å². The molecule has 3 N–H and O–H groups in total. The van der Waals surface area contributed by atoms with Crippen molar-refractivity contribution in [1.82, 2.24) is 0 Å². The Morgan fingerprint density at radius 2 is 2.10 bits per heavy atom. The minimum absolute atomic E-state index is 0.145. The fourth-order valence-corrected chi connectivity index (χ4v) is 2.41. The first-order valence-corrected chi connectivity index (χ1v) is 7.07. The van der Waals surface area contributed by atoms with E-state index in [0.29, 0.717) is 11.4 Å². The lowest BCUT2D eigenvalue weighted by molar-refractivity contribution is -0.113. The van der Waals surface area contributed by atoms with Gasteiger partial charge in [-0.15, -0.1) is 11.8 Å². The zero-order valence-electron chi connectivity index (χ0n) is 11.0.